The van der Waals surface area contributed by atoms with E-state index in [1.165, 1.54) is 29.4 Å². The molecule has 0 fully saturated rings. The number of carbonyl (C=O) groups is 4. The number of benzene rings is 1. The molecule has 13 heteroatoms. The molecule has 3 atom stereocenters. The number of carbonyl (C=O) groups excluding carboxylic acids is 4. The normalized spacial score (nSPS) is 19.7. The average Bonchev–Trinajstić information content (AvgIpc) is 3.61. The number of aliphatic hydroxyl groups is 1. The number of rotatable bonds is 4. The van der Waals surface area contributed by atoms with Gasteiger partial charge in [-0.15, -0.1) is 11.3 Å². The van der Waals surface area contributed by atoms with E-state index in [1.807, 2.05) is 44.2 Å². The van der Waals surface area contributed by atoms with E-state index in [4.69, 9.17) is 4.42 Å². The van der Waals surface area contributed by atoms with E-state index >= 15 is 0 Å². The van der Waals surface area contributed by atoms with Gasteiger partial charge in [-0.1, -0.05) is 44.2 Å². The molecule has 1 aliphatic rings. The zero-order valence-corrected chi connectivity index (χ0v) is 23.2. The van der Waals surface area contributed by atoms with Crippen LogP contribution < -0.4 is 16.0 Å². The van der Waals surface area contributed by atoms with E-state index in [2.05, 4.69) is 25.9 Å². The third-order valence-electron chi connectivity index (χ3n) is 6.32. The van der Waals surface area contributed by atoms with Gasteiger partial charge < -0.3 is 30.4 Å². The highest BCUT2D eigenvalue weighted by Gasteiger charge is 2.28. The van der Waals surface area contributed by atoms with Crippen molar-refractivity contribution in [1.29, 1.82) is 0 Å². The summed E-state index contributed by atoms with van der Waals surface area (Å²) >= 11 is 1.24. The number of thiazole rings is 1. The van der Waals surface area contributed by atoms with Crippen molar-refractivity contribution in [1.82, 2.24) is 30.8 Å². The number of oxazole rings is 1. The second-order valence-electron chi connectivity index (χ2n) is 9.84. The van der Waals surface area contributed by atoms with E-state index in [1.54, 1.807) is 5.38 Å². The molecule has 1 aromatic carbocycles. The molecule has 40 heavy (non-hydrogen) atoms. The lowest BCUT2D eigenvalue weighted by molar-refractivity contribution is -0.142. The van der Waals surface area contributed by atoms with Gasteiger partial charge in [-0.25, -0.2) is 9.97 Å². The molecule has 0 aliphatic carbocycles. The molecule has 4 N–H and O–H groups in total. The number of hydrogen-bond donors (Lipinski definition) is 4. The third kappa shape index (κ3) is 7.10. The van der Waals surface area contributed by atoms with Gasteiger partial charge in [-0.2, -0.15) is 0 Å². The monoisotopic (exact) mass is 568 g/mol. The van der Waals surface area contributed by atoms with Crippen molar-refractivity contribution < 1.29 is 28.7 Å². The summed E-state index contributed by atoms with van der Waals surface area (Å²) in [6.45, 7) is 4.77. The molecular formula is C27H32N6O6S. The predicted octanol–water partition coefficient (Wildman–Crippen LogP) is 1.61. The largest absolute Gasteiger partial charge is 0.446 e. The minimum absolute atomic E-state index is 0.000393. The van der Waals surface area contributed by atoms with Crippen molar-refractivity contribution in [3.8, 4) is 0 Å². The molecule has 4 rings (SSSR count). The zero-order chi connectivity index (χ0) is 28.8. The van der Waals surface area contributed by atoms with Crippen LogP contribution in [0.1, 0.15) is 70.3 Å². The Morgan fingerprint density at radius 3 is 2.55 bits per heavy atom. The summed E-state index contributed by atoms with van der Waals surface area (Å²) in [7, 11) is 0. The average molecular weight is 569 g/mol. The number of fused-ring (bicyclic) bond motifs is 4. The Kier molecular flexibility index (Phi) is 9.27. The topological polar surface area (TPSA) is 167 Å². The summed E-state index contributed by atoms with van der Waals surface area (Å²) in [5.41, 5.74) is 1.07. The molecular weight excluding hydrogens is 536 g/mol. The second-order valence-corrected chi connectivity index (χ2v) is 10.7. The first kappa shape index (κ1) is 28.9. The Bertz CT molecular complexity index is 1350. The van der Waals surface area contributed by atoms with Crippen LogP contribution in [0, 0.1) is 5.92 Å². The molecule has 0 radical (unpaired) electrons. The predicted molar refractivity (Wildman–Crippen MR) is 145 cm³/mol. The van der Waals surface area contributed by atoms with E-state index in [0.29, 0.717) is 11.4 Å². The lowest BCUT2D eigenvalue weighted by Gasteiger charge is -2.26. The van der Waals surface area contributed by atoms with Crippen molar-refractivity contribution in [3.63, 3.8) is 0 Å². The molecule has 0 unspecified atom stereocenters. The highest BCUT2D eigenvalue weighted by molar-refractivity contribution is 7.09. The van der Waals surface area contributed by atoms with Gasteiger partial charge in [0.1, 0.15) is 29.1 Å². The number of nitrogens with one attached hydrogen (secondary N) is 3. The van der Waals surface area contributed by atoms with Gasteiger partial charge in [-0.05, 0) is 18.4 Å². The molecule has 0 saturated heterocycles. The number of aromatic nitrogens is 2. The maximum atomic E-state index is 13.3. The first-order chi connectivity index (χ1) is 19.1. The van der Waals surface area contributed by atoms with Crippen molar-refractivity contribution in [2.75, 3.05) is 19.6 Å². The van der Waals surface area contributed by atoms with E-state index in [9.17, 15) is 24.3 Å². The Balaban J connectivity index is 1.68. The Morgan fingerprint density at radius 2 is 1.85 bits per heavy atom. The van der Waals surface area contributed by atoms with Crippen molar-refractivity contribution in [3.05, 3.63) is 69.8 Å². The fourth-order valence-corrected chi connectivity index (χ4v) is 5.22. The van der Waals surface area contributed by atoms with Gasteiger partial charge in [0.25, 0.3) is 17.7 Å². The molecule has 4 bridgehead atoms. The van der Waals surface area contributed by atoms with E-state index in [0.717, 1.165) is 5.56 Å². The van der Waals surface area contributed by atoms with Crippen LogP contribution in [0.5, 0.6) is 0 Å². The van der Waals surface area contributed by atoms with Crippen molar-refractivity contribution >= 4 is 35.0 Å². The number of nitrogens with zero attached hydrogens (tertiary/aromatic N) is 3. The van der Waals surface area contributed by atoms with Crippen molar-refractivity contribution in [2.45, 2.75) is 45.4 Å². The van der Waals surface area contributed by atoms with Gasteiger partial charge in [0, 0.05) is 24.9 Å². The lowest BCUT2D eigenvalue weighted by atomic mass is 10.0. The van der Waals surface area contributed by atoms with Gasteiger partial charge in [0.15, 0.2) is 5.69 Å². The summed E-state index contributed by atoms with van der Waals surface area (Å²) in [6, 6.07) is 8.25. The second kappa shape index (κ2) is 12.8. The molecule has 4 amide bonds. The summed E-state index contributed by atoms with van der Waals surface area (Å²) in [5.74, 6) is -2.06. The highest BCUT2D eigenvalue weighted by Crippen LogP contribution is 2.26. The van der Waals surface area contributed by atoms with Crippen LogP contribution >= 0.6 is 11.3 Å². The standard InChI is InChI=1S/C27H32N6O6S/c1-15(2)22-26-31-20(14-40-26)24(37)29-18(11-17-7-5-4-6-8-17)25-30-19(13-39-25)23(36)28-9-10-33(12-21(35)32-22)27(38)16(3)34/h4-8,13-16,18,22,34H,9-12H2,1-3H3,(H,28,36)(H,29,37)(H,32,35)/t16-,18-,22-/m0/s1. The fraction of sp³-hybridized carbons (Fsp3) is 0.407. The summed E-state index contributed by atoms with van der Waals surface area (Å²) in [6.07, 6.45) is 0.220. The Hall–Kier alpha value is -4.10. The molecule has 1 aliphatic heterocycles. The van der Waals surface area contributed by atoms with E-state index < -0.39 is 41.8 Å². The summed E-state index contributed by atoms with van der Waals surface area (Å²) in [5, 5.41) is 20.5. The maximum Gasteiger partial charge on any atom is 0.273 e. The van der Waals surface area contributed by atoms with Crippen LogP contribution in [-0.2, 0) is 16.0 Å². The molecule has 2 aromatic heterocycles. The van der Waals surface area contributed by atoms with Gasteiger partial charge in [-0.3, -0.25) is 19.2 Å². The minimum Gasteiger partial charge on any atom is -0.446 e. The molecule has 3 heterocycles. The van der Waals surface area contributed by atoms with E-state index in [-0.39, 0.29) is 42.8 Å². The number of hydrogen-bond acceptors (Lipinski definition) is 9. The number of aliphatic hydroxyl groups excluding tert-OH is 1. The quantitative estimate of drug-likeness (QED) is 0.368. The van der Waals surface area contributed by atoms with Crippen LogP contribution in [0.2, 0.25) is 0 Å². The molecule has 12 nitrogen and oxygen atoms in total. The minimum atomic E-state index is -1.33. The first-order valence-electron chi connectivity index (χ1n) is 12.9. The van der Waals surface area contributed by atoms with Crippen LogP contribution in [0.3, 0.4) is 0 Å². The Morgan fingerprint density at radius 1 is 1.10 bits per heavy atom. The molecule has 3 aromatic rings. The van der Waals surface area contributed by atoms with Crippen molar-refractivity contribution in [2.24, 2.45) is 5.92 Å². The molecule has 212 valence electrons. The van der Waals surface area contributed by atoms with Gasteiger partial charge >= 0.3 is 0 Å². The summed E-state index contributed by atoms with van der Waals surface area (Å²) in [4.78, 5) is 61.6. The van der Waals surface area contributed by atoms with Gasteiger partial charge in [0.2, 0.25) is 11.8 Å². The number of amides is 4. The third-order valence-corrected chi connectivity index (χ3v) is 7.24. The summed E-state index contributed by atoms with van der Waals surface area (Å²) < 4.78 is 5.62. The Labute approximate surface area is 235 Å². The fourth-order valence-electron chi connectivity index (χ4n) is 4.20. The first-order valence-corrected chi connectivity index (χ1v) is 13.8. The molecule has 0 saturated carbocycles. The highest BCUT2D eigenvalue weighted by atomic mass is 32.1. The lowest BCUT2D eigenvalue weighted by Crippen LogP contribution is -2.48. The van der Waals surface area contributed by atoms with Crippen LogP contribution in [0.15, 0.2) is 46.4 Å². The van der Waals surface area contributed by atoms with Crippen LogP contribution in [-0.4, -0.2) is 69.3 Å². The van der Waals surface area contributed by atoms with Gasteiger partial charge in [0.05, 0.1) is 12.6 Å². The molecule has 0 spiro atoms. The van der Waals surface area contributed by atoms with Crippen LogP contribution in [0.25, 0.3) is 0 Å². The smallest absolute Gasteiger partial charge is 0.273 e. The van der Waals surface area contributed by atoms with Crippen LogP contribution in [0.4, 0.5) is 0 Å². The zero-order valence-electron chi connectivity index (χ0n) is 22.4. The SMILES string of the molecule is CC(C)[C@@H]1NC(=O)CN(C(=O)[C@H](C)O)CCNC(=O)c2coc(n2)[C@H](Cc2ccccc2)NC(=O)c2csc1n2. The maximum absolute atomic E-state index is 13.3.